The maximum atomic E-state index is 13.7. The first-order chi connectivity index (χ1) is 20.8. The molecule has 11 nitrogen and oxygen atoms in total. The number of nitrogens with one attached hydrogen (secondary N) is 3. The molecule has 0 saturated carbocycles. The molecule has 258 valence electrons. The van der Waals surface area contributed by atoms with Crippen LogP contribution in [0.2, 0.25) is 0 Å². The molecule has 0 radical (unpaired) electrons. The lowest BCUT2D eigenvalue weighted by Gasteiger charge is -2.39. The Balaban J connectivity index is 0.00000590. The Bertz CT molecular complexity index is 869. The van der Waals surface area contributed by atoms with E-state index in [9.17, 15) is 23.6 Å². The van der Waals surface area contributed by atoms with Gasteiger partial charge in [-0.25, -0.2) is 4.39 Å². The Labute approximate surface area is 270 Å². The number of amides is 4. The van der Waals surface area contributed by atoms with E-state index in [4.69, 9.17) is 9.47 Å². The van der Waals surface area contributed by atoms with Crippen molar-refractivity contribution in [2.75, 3.05) is 47.6 Å². The zero-order chi connectivity index (χ0) is 34.0. The van der Waals surface area contributed by atoms with E-state index in [1.165, 1.54) is 20.6 Å². The predicted octanol–water partition coefficient (Wildman–Crippen LogP) is 2.98. The molecule has 1 aliphatic rings. The van der Waals surface area contributed by atoms with Gasteiger partial charge in [-0.1, -0.05) is 74.1 Å². The lowest BCUT2D eigenvalue weighted by atomic mass is 9.90. The predicted molar refractivity (Wildman–Crippen MR) is 175 cm³/mol. The van der Waals surface area contributed by atoms with E-state index in [1.54, 1.807) is 23.8 Å². The Morgan fingerprint density at radius 3 is 2.11 bits per heavy atom. The second-order valence-corrected chi connectivity index (χ2v) is 12.2. The lowest BCUT2D eigenvalue weighted by Crippen LogP contribution is -2.55. The summed E-state index contributed by atoms with van der Waals surface area (Å²) in [5.74, 6) is -1.69. The summed E-state index contributed by atoms with van der Waals surface area (Å²) < 4.78 is 26.8. The third-order valence-electron chi connectivity index (χ3n) is 8.20. The van der Waals surface area contributed by atoms with E-state index >= 15 is 0 Å². The van der Waals surface area contributed by atoms with Crippen molar-refractivity contribution in [3.63, 3.8) is 0 Å². The van der Waals surface area contributed by atoms with E-state index in [1.807, 2.05) is 27.7 Å². The minimum absolute atomic E-state index is 0.000226. The summed E-state index contributed by atoms with van der Waals surface area (Å²) >= 11 is 4.02. The van der Waals surface area contributed by atoms with E-state index in [0.717, 1.165) is 12.8 Å². The number of hydrogen-bond acceptors (Lipinski definition) is 8. The normalized spacial score (nSPS) is 18.8. The van der Waals surface area contributed by atoms with Crippen molar-refractivity contribution in [1.82, 2.24) is 25.2 Å². The monoisotopic (exact) mass is 649 g/mol. The second kappa shape index (κ2) is 22.5. The van der Waals surface area contributed by atoms with Gasteiger partial charge < -0.3 is 29.9 Å². The molecule has 7 unspecified atom stereocenters. The highest BCUT2D eigenvalue weighted by Gasteiger charge is 2.42. The molecular formula is C31H60FN5O6S. The van der Waals surface area contributed by atoms with Crippen molar-refractivity contribution < 1.29 is 33.0 Å². The highest BCUT2D eigenvalue weighted by atomic mass is 32.1. The van der Waals surface area contributed by atoms with Gasteiger partial charge in [-0.05, 0) is 24.7 Å². The minimum Gasteiger partial charge on any atom is -0.379 e. The summed E-state index contributed by atoms with van der Waals surface area (Å²) in [5.41, 5.74) is 0. The van der Waals surface area contributed by atoms with Gasteiger partial charge in [-0.3, -0.25) is 23.9 Å². The van der Waals surface area contributed by atoms with Crippen molar-refractivity contribution in [1.29, 1.82) is 0 Å². The van der Waals surface area contributed by atoms with Crippen LogP contribution in [-0.2, 0) is 28.7 Å². The molecule has 0 aliphatic carbocycles. The van der Waals surface area contributed by atoms with Gasteiger partial charge in [-0.2, -0.15) is 0 Å². The number of alkyl halides is 1. The lowest BCUT2D eigenvalue weighted by molar-refractivity contribution is -0.145. The van der Waals surface area contributed by atoms with Crippen LogP contribution in [0.1, 0.15) is 80.6 Å². The number of likely N-dealkylation sites (tertiary alicyclic amines) is 1. The van der Waals surface area contributed by atoms with Gasteiger partial charge in [-0.15, -0.1) is 0 Å². The van der Waals surface area contributed by atoms with Crippen LogP contribution in [0.15, 0.2) is 0 Å². The number of carbonyl (C=O) groups excluding carboxylic acids is 4. The van der Waals surface area contributed by atoms with Gasteiger partial charge in [0.15, 0.2) is 0 Å². The average molecular weight is 650 g/mol. The topological polar surface area (TPSA) is 129 Å². The Morgan fingerprint density at radius 1 is 1.02 bits per heavy atom. The molecule has 0 bridgehead atoms. The Kier molecular flexibility index (Phi) is 21.5. The molecule has 4 amide bonds. The fraction of sp³-hybridized carbons (Fsp3) is 0.871. The molecular weight excluding hydrogens is 589 g/mol. The Hall–Kier alpha value is -1.96. The Morgan fingerprint density at radius 2 is 1.64 bits per heavy atom. The summed E-state index contributed by atoms with van der Waals surface area (Å²) in [6.45, 7) is 13.3. The molecule has 0 aromatic carbocycles. The number of rotatable bonds is 18. The zero-order valence-electron chi connectivity index (χ0n) is 28.7. The van der Waals surface area contributed by atoms with Crippen LogP contribution in [0.25, 0.3) is 0 Å². The maximum absolute atomic E-state index is 13.7. The van der Waals surface area contributed by atoms with Crippen molar-refractivity contribution >= 4 is 36.4 Å². The standard InChI is InChI=1S/C28H52FN5O6S.C3H8/c1-9-18(4)25(33(6)23(36)16-31-28(38)24(32-41)17(2)3)21(39-7)15-22(35)34-14-10-11-20(34)26(40-8)19(5)27(37)30-13-12-29;1-3-2/h17-21,24-26,32,41H,9-16H2,1-8H3,(H,30,37)(H,31,38);3H2,1-2H3. The molecule has 7 atom stereocenters. The molecule has 13 heteroatoms. The number of hydrogen-bond donors (Lipinski definition) is 4. The number of carbonyl (C=O) groups is 4. The maximum Gasteiger partial charge on any atom is 0.242 e. The van der Waals surface area contributed by atoms with Gasteiger partial charge >= 0.3 is 0 Å². The van der Waals surface area contributed by atoms with Gasteiger partial charge in [0.05, 0.1) is 49.2 Å². The first-order valence-corrected chi connectivity index (χ1v) is 16.4. The smallest absolute Gasteiger partial charge is 0.242 e. The highest BCUT2D eigenvalue weighted by Crippen LogP contribution is 2.29. The van der Waals surface area contributed by atoms with E-state index in [-0.39, 0.29) is 61.0 Å². The highest BCUT2D eigenvalue weighted by molar-refractivity contribution is 7.78. The molecule has 1 fully saturated rings. The molecule has 1 heterocycles. The van der Waals surface area contributed by atoms with Crippen LogP contribution in [0.4, 0.5) is 4.39 Å². The van der Waals surface area contributed by atoms with Gasteiger partial charge in [0.25, 0.3) is 0 Å². The first-order valence-electron chi connectivity index (χ1n) is 15.9. The molecule has 0 aromatic heterocycles. The number of nitrogens with zero attached hydrogens (tertiary/aromatic N) is 2. The van der Waals surface area contributed by atoms with Crippen LogP contribution in [0, 0.1) is 17.8 Å². The van der Waals surface area contributed by atoms with Gasteiger partial charge in [0, 0.05) is 34.4 Å². The van der Waals surface area contributed by atoms with Crippen molar-refractivity contribution in [2.24, 2.45) is 17.8 Å². The van der Waals surface area contributed by atoms with Crippen LogP contribution in [0.5, 0.6) is 0 Å². The molecule has 3 N–H and O–H groups in total. The number of thiol groups is 1. The molecule has 0 aromatic rings. The molecule has 1 aliphatic heterocycles. The summed E-state index contributed by atoms with van der Waals surface area (Å²) in [7, 11) is 4.70. The molecule has 44 heavy (non-hydrogen) atoms. The molecule has 1 rings (SSSR count). The number of likely N-dealkylation sites (N-methyl/N-ethyl adjacent to an activating group) is 1. The fourth-order valence-corrected chi connectivity index (χ4v) is 5.98. The van der Waals surface area contributed by atoms with Gasteiger partial charge in [0.1, 0.15) is 6.67 Å². The zero-order valence-corrected chi connectivity index (χ0v) is 29.5. The van der Waals surface area contributed by atoms with Crippen molar-refractivity contribution in [3.8, 4) is 0 Å². The van der Waals surface area contributed by atoms with Crippen molar-refractivity contribution in [3.05, 3.63) is 0 Å². The summed E-state index contributed by atoms with van der Waals surface area (Å²) in [6.07, 6.45) is 2.31. The summed E-state index contributed by atoms with van der Waals surface area (Å²) in [4.78, 5) is 55.2. The average Bonchev–Trinajstić information content (AvgIpc) is 3.48. The largest absolute Gasteiger partial charge is 0.379 e. The number of ether oxygens (including phenoxy) is 2. The summed E-state index contributed by atoms with van der Waals surface area (Å²) in [6, 6.07) is -1.29. The van der Waals surface area contributed by atoms with E-state index in [0.29, 0.717) is 13.0 Å². The van der Waals surface area contributed by atoms with Crippen LogP contribution < -0.4 is 15.4 Å². The number of halogens is 1. The third-order valence-corrected chi connectivity index (χ3v) is 8.48. The van der Waals surface area contributed by atoms with E-state index in [2.05, 4.69) is 42.0 Å². The van der Waals surface area contributed by atoms with Crippen LogP contribution >= 0.6 is 12.8 Å². The first kappa shape index (κ1) is 42.0. The fourth-order valence-electron chi connectivity index (χ4n) is 5.56. The summed E-state index contributed by atoms with van der Waals surface area (Å²) in [5, 5.41) is 5.24. The van der Waals surface area contributed by atoms with Crippen LogP contribution in [-0.4, -0.2) is 111 Å². The van der Waals surface area contributed by atoms with E-state index < -0.39 is 36.9 Å². The molecule has 1 saturated heterocycles. The SMILES string of the molecule is CCC.CCC(C)C(C(CC(=O)N1CCCC1C(OC)C(C)C(=O)NCCF)OC)N(C)C(=O)CNC(=O)C(NS)C(C)C. The quantitative estimate of drug-likeness (QED) is 0.168. The third kappa shape index (κ3) is 12.8. The number of methoxy groups -OCH3 is 2. The van der Waals surface area contributed by atoms with Gasteiger partial charge in [0.2, 0.25) is 23.6 Å². The van der Waals surface area contributed by atoms with Crippen LogP contribution in [0.3, 0.4) is 0 Å². The van der Waals surface area contributed by atoms with Crippen molar-refractivity contribution in [2.45, 2.75) is 111 Å². The molecule has 0 spiro atoms. The minimum atomic E-state index is -0.658. The second-order valence-electron chi connectivity index (χ2n) is 11.9.